The summed E-state index contributed by atoms with van der Waals surface area (Å²) in [6.45, 7) is 2.79. The Labute approximate surface area is 183 Å². The summed E-state index contributed by atoms with van der Waals surface area (Å²) in [6, 6.07) is 11.7. The molecule has 0 fully saturated rings. The smallest absolute Gasteiger partial charge is 0.699 e. The van der Waals surface area contributed by atoms with Crippen molar-refractivity contribution < 1.29 is 68.2 Å². The third-order valence-electron chi connectivity index (χ3n) is 2.16. The molecular formula is C17H22F2N2O4Ru2. The number of halogens is 2. The van der Waals surface area contributed by atoms with E-state index in [2.05, 4.69) is 10.6 Å². The molecule has 0 spiro atoms. The zero-order valence-electron chi connectivity index (χ0n) is 14.6. The van der Waals surface area contributed by atoms with Crippen LogP contribution in [0.15, 0.2) is 48.5 Å². The number of aliphatic hydroxyl groups is 4. The first-order chi connectivity index (χ1) is 11.7. The van der Waals surface area contributed by atoms with Gasteiger partial charge in [-0.2, -0.15) is 0 Å². The van der Waals surface area contributed by atoms with Crippen molar-refractivity contribution in [2.24, 2.45) is 0 Å². The monoisotopic (exact) mass is 560 g/mol. The van der Waals surface area contributed by atoms with Crippen molar-refractivity contribution >= 4 is 11.4 Å². The molecule has 0 aliphatic heterocycles. The molecule has 6 nitrogen and oxygen atoms in total. The fourth-order valence-corrected chi connectivity index (χ4v) is 1.29. The Balaban J connectivity index is -0.000000495. The quantitative estimate of drug-likeness (QED) is 0.341. The first-order valence-corrected chi connectivity index (χ1v) is 7.29. The van der Waals surface area contributed by atoms with E-state index in [1.165, 1.54) is 38.1 Å². The number of nitrogens with zero attached hydrogens (tertiary/aromatic N) is 2. The fraction of sp³-hybridized carbons (Fsp3) is 0.294. The molecule has 0 bridgehead atoms. The van der Waals surface area contributed by atoms with Crippen LogP contribution in [0.3, 0.4) is 0 Å². The molecule has 0 aliphatic carbocycles. The van der Waals surface area contributed by atoms with Crippen LogP contribution in [-0.4, -0.2) is 39.7 Å². The number of benzene rings is 2. The Morgan fingerprint density at radius 1 is 0.667 bits per heavy atom. The molecule has 4 N–H and O–H groups in total. The minimum Gasteiger partial charge on any atom is -0.699 e. The van der Waals surface area contributed by atoms with Gasteiger partial charge in [-0.15, -0.1) is 11.4 Å². The third kappa shape index (κ3) is 21.1. The van der Waals surface area contributed by atoms with E-state index in [1.54, 1.807) is 24.3 Å². The Kier molecular flexibility index (Phi) is 20.9. The fourth-order valence-electron chi connectivity index (χ4n) is 1.29. The third-order valence-corrected chi connectivity index (χ3v) is 2.16. The Morgan fingerprint density at radius 2 is 0.889 bits per heavy atom. The summed E-state index contributed by atoms with van der Waals surface area (Å²) in [7, 11) is 0. The molecule has 0 heterocycles. The van der Waals surface area contributed by atoms with Crippen LogP contribution < -0.4 is 0 Å². The molecule has 0 aliphatic rings. The molecule has 0 amide bonds. The van der Waals surface area contributed by atoms with Gasteiger partial charge in [0.1, 0.15) is 24.2 Å². The van der Waals surface area contributed by atoms with Crippen LogP contribution >= 0.6 is 0 Å². The van der Waals surface area contributed by atoms with Gasteiger partial charge in [-0.05, 0) is 38.1 Å². The molecule has 0 aromatic heterocycles. The first-order valence-electron chi connectivity index (χ1n) is 7.29. The molecule has 2 radical (unpaired) electrons. The Morgan fingerprint density at radius 3 is 1.11 bits per heavy atom. The summed E-state index contributed by atoms with van der Waals surface area (Å²) in [5, 5.41) is 38.7. The molecule has 0 saturated heterocycles. The van der Waals surface area contributed by atoms with Crippen molar-refractivity contribution in [1.82, 2.24) is 0 Å². The van der Waals surface area contributed by atoms with Gasteiger partial charge in [0.15, 0.2) is 0 Å². The van der Waals surface area contributed by atoms with Crippen molar-refractivity contribution in [1.29, 1.82) is 0 Å². The van der Waals surface area contributed by atoms with Gasteiger partial charge >= 0.3 is 39.0 Å². The SMILES string of the molecule is CC(O)O.CC(O)O.Fc1ccc([N-]C[N-]c2ccc(F)cc2)cc1.[Ru+].[Ru+]. The molecule has 10 heteroatoms. The number of rotatable bonds is 4. The van der Waals surface area contributed by atoms with Gasteiger partial charge in [0.25, 0.3) is 0 Å². The summed E-state index contributed by atoms with van der Waals surface area (Å²) >= 11 is 0. The summed E-state index contributed by atoms with van der Waals surface area (Å²) in [5.41, 5.74) is 1.33. The van der Waals surface area contributed by atoms with Crippen LogP contribution in [0.1, 0.15) is 13.8 Å². The van der Waals surface area contributed by atoms with Gasteiger partial charge in [-0.25, -0.2) is 15.4 Å². The molecule has 2 aromatic rings. The molecular weight excluding hydrogens is 536 g/mol. The second kappa shape index (κ2) is 18.4. The normalized spacial score (nSPS) is 8.96. The molecule has 0 unspecified atom stereocenters. The van der Waals surface area contributed by atoms with Gasteiger partial charge in [0, 0.05) is 0 Å². The van der Waals surface area contributed by atoms with Crippen molar-refractivity contribution in [2.45, 2.75) is 26.4 Å². The second-order valence-electron chi connectivity index (χ2n) is 4.67. The van der Waals surface area contributed by atoms with E-state index in [9.17, 15) is 8.78 Å². The Bertz CT molecular complexity index is 517. The van der Waals surface area contributed by atoms with E-state index in [0.717, 1.165) is 0 Å². The molecule has 154 valence electrons. The molecule has 0 atom stereocenters. The van der Waals surface area contributed by atoms with Crippen molar-refractivity contribution in [2.75, 3.05) is 6.67 Å². The van der Waals surface area contributed by atoms with Gasteiger partial charge in [0.05, 0.1) is 0 Å². The summed E-state index contributed by atoms with van der Waals surface area (Å²) in [6.07, 6.45) is -2.33. The average Bonchev–Trinajstić information content (AvgIpc) is 2.50. The van der Waals surface area contributed by atoms with Crippen LogP contribution in [0.25, 0.3) is 10.6 Å². The van der Waals surface area contributed by atoms with E-state index in [-0.39, 0.29) is 57.3 Å². The zero-order valence-corrected chi connectivity index (χ0v) is 18.1. The van der Waals surface area contributed by atoms with Gasteiger partial charge in [-0.3, -0.25) is 0 Å². The molecule has 27 heavy (non-hydrogen) atoms. The van der Waals surface area contributed by atoms with E-state index in [4.69, 9.17) is 20.4 Å². The molecule has 0 saturated carbocycles. The van der Waals surface area contributed by atoms with Crippen LogP contribution in [-0.2, 0) is 39.0 Å². The molecule has 2 aromatic carbocycles. The van der Waals surface area contributed by atoms with Crippen LogP contribution in [0.4, 0.5) is 20.2 Å². The van der Waals surface area contributed by atoms with Gasteiger partial charge in [0.2, 0.25) is 0 Å². The standard InChI is InChI=1S/C13H10F2N2.2C2H6O2.2Ru/c14-10-1-5-12(6-2-10)16-9-17-13-7-3-11(15)4-8-13;2*1-2(3)4;;/h1-8H,9H2;2*2-4H,1H3;;/q-2;;;2*+1. The maximum absolute atomic E-state index is 12.6. The second-order valence-corrected chi connectivity index (χ2v) is 4.67. The maximum Gasteiger partial charge on any atom is 1.00 e. The minimum absolute atomic E-state index is 0. The van der Waals surface area contributed by atoms with Gasteiger partial charge in [-0.1, -0.05) is 24.3 Å². The summed E-state index contributed by atoms with van der Waals surface area (Å²) in [4.78, 5) is 0. The van der Waals surface area contributed by atoms with Crippen LogP contribution in [0.5, 0.6) is 0 Å². The van der Waals surface area contributed by atoms with E-state index in [0.29, 0.717) is 11.4 Å². The van der Waals surface area contributed by atoms with Crippen molar-refractivity contribution in [3.05, 3.63) is 70.8 Å². The van der Waals surface area contributed by atoms with E-state index >= 15 is 0 Å². The average molecular weight is 559 g/mol. The van der Waals surface area contributed by atoms with Gasteiger partial charge < -0.3 is 31.1 Å². The number of hydrogen-bond acceptors (Lipinski definition) is 4. The number of aliphatic hydroxyl groups excluding tert-OH is 2. The predicted molar refractivity (Wildman–Crippen MR) is 91.5 cm³/mol. The first kappa shape index (κ1) is 30.7. The largest absolute Gasteiger partial charge is 1.00 e. The van der Waals surface area contributed by atoms with E-state index in [1.807, 2.05) is 0 Å². The number of hydrogen-bond donors (Lipinski definition) is 4. The summed E-state index contributed by atoms with van der Waals surface area (Å²) < 4.78 is 25.2. The van der Waals surface area contributed by atoms with Crippen LogP contribution in [0.2, 0.25) is 0 Å². The van der Waals surface area contributed by atoms with E-state index < -0.39 is 12.6 Å². The Hall–Kier alpha value is -1.01. The predicted octanol–water partition coefficient (Wildman–Crippen LogP) is 3.26. The topological polar surface area (TPSA) is 109 Å². The molecule has 2 rings (SSSR count). The zero-order chi connectivity index (χ0) is 19.2. The minimum atomic E-state index is -1.17. The van der Waals surface area contributed by atoms with Crippen molar-refractivity contribution in [3.8, 4) is 0 Å². The van der Waals surface area contributed by atoms with Crippen LogP contribution in [0, 0.1) is 11.6 Å². The van der Waals surface area contributed by atoms with Crippen molar-refractivity contribution in [3.63, 3.8) is 0 Å². The maximum atomic E-state index is 12.6. The summed E-state index contributed by atoms with van der Waals surface area (Å²) in [5.74, 6) is -0.584.